The number of aromatic nitrogens is 1. The first kappa shape index (κ1) is 7.63. The summed E-state index contributed by atoms with van der Waals surface area (Å²) in [4.78, 5) is 13.3. The van der Waals surface area contributed by atoms with E-state index in [1.807, 2.05) is 6.07 Å². The van der Waals surface area contributed by atoms with Crippen molar-refractivity contribution >= 4 is 16.3 Å². The number of rotatable bonds is 2. The number of nitrogens with zero attached hydrogens (tertiary/aromatic N) is 3. The SMILES string of the molecule is N#CCc1ncc([N+](=O)[O-])s1. The second kappa shape index (κ2) is 3.07. The molecule has 6 heteroatoms. The first-order valence-corrected chi connectivity index (χ1v) is 3.51. The molecule has 0 spiro atoms. The van der Waals surface area contributed by atoms with Gasteiger partial charge in [0, 0.05) is 0 Å². The minimum atomic E-state index is -0.515. The Bertz CT molecular complexity index is 314. The van der Waals surface area contributed by atoms with Crippen molar-refractivity contribution in [3.63, 3.8) is 0 Å². The zero-order valence-electron chi connectivity index (χ0n) is 5.35. The summed E-state index contributed by atoms with van der Waals surface area (Å²) < 4.78 is 0. The summed E-state index contributed by atoms with van der Waals surface area (Å²) in [6.45, 7) is 0. The monoisotopic (exact) mass is 169 g/mol. The molecule has 11 heavy (non-hydrogen) atoms. The van der Waals surface area contributed by atoms with Gasteiger partial charge in [-0.05, 0) is 11.3 Å². The van der Waals surface area contributed by atoms with Crippen molar-refractivity contribution in [2.45, 2.75) is 6.42 Å². The van der Waals surface area contributed by atoms with Gasteiger partial charge in [-0.3, -0.25) is 10.1 Å². The third-order valence-corrected chi connectivity index (χ3v) is 1.90. The van der Waals surface area contributed by atoms with Gasteiger partial charge in [-0.25, -0.2) is 4.98 Å². The van der Waals surface area contributed by atoms with E-state index in [1.54, 1.807) is 0 Å². The molecule has 1 aromatic rings. The van der Waals surface area contributed by atoms with E-state index in [-0.39, 0.29) is 11.4 Å². The summed E-state index contributed by atoms with van der Waals surface area (Å²) in [5.74, 6) is 0. The molecule has 0 bridgehead atoms. The Morgan fingerprint density at radius 2 is 2.64 bits per heavy atom. The zero-order chi connectivity index (χ0) is 8.27. The fourth-order valence-corrected chi connectivity index (χ4v) is 1.20. The fourth-order valence-electron chi connectivity index (χ4n) is 0.534. The molecule has 1 aromatic heterocycles. The average molecular weight is 169 g/mol. The van der Waals surface area contributed by atoms with Crippen molar-refractivity contribution in [3.8, 4) is 6.07 Å². The Kier molecular flexibility index (Phi) is 2.13. The Morgan fingerprint density at radius 3 is 3.09 bits per heavy atom. The lowest BCUT2D eigenvalue weighted by atomic mass is 10.5. The van der Waals surface area contributed by atoms with Crippen LogP contribution in [0.1, 0.15) is 5.01 Å². The zero-order valence-corrected chi connectivity index (χ0v) is 6.17. The minimum absolute atomic E-state index is 0.0183. The van der Waals surface area contributed by atoms with Gasteiger partial charge < -0.3 is 0 Å². The van der Waals surface area contributed by atoms with Gasteiger partial charge in [0.1, 0.15) is 11.2 Å². The van der Waals surface area contributed by atoms with Gasteiger partial charge in [-0.15, -0.1) is 0 Å². The molecule has 1 heterocycles. The van der Waals surface area contributed by atoms with Crippen LogP contribution < -0.4 is 0 Å². The fraction of sp³-hybridized carbons (Fsp3) is 0.200. The Morgan fingerprint density at radius 1 is 1.91 bits per heavy atom. The average Bonchev–Trinajstić information content (AvgIpc) is 2.37. The molecule has 0 aromatic carbocycles. The van der Waals surface area contributed by atoms with Gasteiger partial charge in [-0.1, -0.05) is 0 Å². The van der Waals surface area contributed by atoms with Crippen LogP contribution in [0.2, 0.25) is 0 Å². The van der Waals surface area contributed by atoms with E-state index in [4.69, 9.17) is 5.26 Å². The molecule has 0 saturated heterocycles. The van der Waals surface area contributed by atoms with E-state index in [2.05, 4.69) is 4.98 Å². The molecular weight excluding hydrogens is 166 g/mol. The van der Waals surface area contributed by atoms with Crippen LogP contribution >= 0.6 is 11.3 Å². The van der Waals surface area contributed by atoms with Crippen molar-refractivity contribution in [2.75, 3.05) is 0 Å². The molecule has 0 fully saturated rings. The van der Waals surface area contributed by atoms with Crippen LogP contribution in [-0.4, -0.2) is 9.91 Å². The molecule has 56 valence electrons. The molecule has 0 aliphatic carbocycles. The highest BCUT2D eigenvalue weighted by molar-refractivity contribution is 7.14. The maximum Gasteiger partial charge on any atom is 0.343 e. The molecule has 0 N–H and O–H groups in total. The largest absolute Gasteiger partial charge is 0.343 e. The van der Waals surface area contributed by atoms with Crippen molar-refractivity contribution in [1.82, 2.24) is 4.98 Å². The molecule has 0 unspecified atom stereocenters. The van der Waals surface area contributed by atoms with E-state index >= 15 is 0 Å². The highest BCUT2D eigenvalue weighted by Gasteiger charge is 2.10. The van der Waals surface area contributed by atoms with Gasteiger partial charge in [0.15, 0.2) is 0 Å². The second-order valence-electron chi connectivity index (χ2n) is 1.68. The van der Waals surface area contributed by atoms with Crippen molar-refractivity contribution in [1.29, 1.82) is 5.26 Å². The number of hydrogen-bond donors (Lipinski definition) is 0. The lowest BCUT2D eigenvalue weighted by molar-refractivity contribution is -0.380. The van der Waals surface area contributed by atoms with Gasteiger partial charge >= 0.3 is 5.00 Å². The Hall–Kier alpha value is -1.48. The summed E-state index contributed by atoms with van der Waals surface area (Å²) in [6, 6.07) is 1.86. The molecule has 0 aliphatic heterocycles. The summed E-state index contributed by atoms with van der Waals surface area (Å²) in [5.41, 5.74) is 0. The van der Waals surface area contributed by atoms with E-state index in [0.29, 0.717) is 5.01 Å². The molecule has 0 radical (unpaired) electrons. The van der Waals surface area contributed by atoms with E-state index in [0.717, 1.165) is 17.5 Å². The van der Waals surface area contributed by atoms with Gasteiger partial charge in [0.25, 0.3) is 0 Å². The van der Waals surface area contributed by atoms with E-state index < -0.39 is 4.92 Å². The highest BCUT2D eigenvalue weighted by Crippen LogP contribution is 2.20. The summed E-state index contributed by atoms with van der Waals surface area (Å²) in [6.07, 6.45) is 1.30. The van der Waals surface area contributed by atoms with Crippen molar-refractivity contribution in [3.05, 3.63) is 21.3 Å². The first-order chi connectivity index (χ1) is 5.24. The maximum absolute atomic E-state index is 10.1. The van der Waals surface area contributed by atoms with Crippen LogP contribution in [0.4, 0.5) is 5.00 Å². The number of hydrogen-bond acceptors (Lipinski definition) is 5. The molecule has 0 atom stereocenters. The Labute approximate surface area is 66.1 Å². The minimum Gasteiger partial charge on any atom is -0.257 e. The molecule has 0 amide bonds. The number of nitriles is 1. The number of nitro groups is 1. The predicted octanol–water partition coefficient (Wildman–Crippen LogP) is 1.12. The quantitative estimate of drug-likeness (QED) is 0.490. The topological polar surface area (TPSA) is 79.8 Å². The third-order valence-electron chi connectivity index (χ3n) is 0.952. The van der Waals surface area contributed by atoms with Crippen molar-refractivity contribution < 1.29 is 4.92 Å². The highest BCUT2D eigenvalue weighted by atomic mass is 32.1. The third kappa shape index (κ3) is 1.72. The molecule has 0 aliphatic rings. The lowest BCUT2D eigenvalue weighted by Gasteiger charge is -1.78. The molecule has 5 nitrogen and oxygen atoms in total. The van der Waals surface area contributed by atoms with Crippen LogP contribution in [0, 0.1) is 21.4 Å². The Balaban J connectivity index is 2.83. The second-order valence-corrected chi connectivity index (χ2v) is 2.78. The van der Waals surface area contributed by atoms with Gasteiger partial charge in [0.2, 0.25) is 0 Å². The van der Waals surface area contributed by atoms with Crippen LogP contribution in [0.5, 0.6) is 0 Å². The van der Waals surface area contributed by atoms with Crippen LogP contribution in [0.15, 0.2) is 6.20 Å². The predicted molar refractivity (Wildman–Crippen MR) is 38.1 cm³/mol. The molecule has 1 rings (SSSR count). The number of thiazole rings is 1. The standard InChI is InChI=1S/C5H3N3O2S/c6-2-1-4-7-3-5(11-4)8(9)10/h3H,1H2. The van der Waals surface area contributed by atoms with Gasteiger partial charge in [0.05, 0.1) is 17.4 Å². The maximum atomic E-state index is 10.1. The lowest BCUT2D eigenvalue weighted by Crippen LogP contribution is -1.80. The summed E-state index contributed by atoms with van der Waals surface area (Å²) >= 11 is 0.933. The van der Waals surface area contributed by atoms with E-state index in [1.165, 1.54) is 0 Å². The van der Waals surface area contributed by atoms with Gasteiger partial charge in [-0.2, -0.15) is 5.26 Å². The van der Waals surface area contributed by atoms with Crippen LogP contribution in [0.25, 0.3) is 0 Å². The molecular formula is C5H3N3O2S. The van der Waals surface area contributed by atoms with Crippen LogP contribution in [-0.2, 0) is 6.42 Å². The summed E-state index contributed by atoms with van der Waals surface area (Å²) in [7, 11) is 0. The van der Waals surface area contributed by atoms with E-state index in [9.17, 15) is 10.1 Å². The first-order valence-electron chi connectivity index (χ1n) is 2.70. The molecule has 0 saturated carbocycles. The van der Waals surface area contributed by atoms with Crippen LogP contribution in [0.3, 0.4) is 0 Å². The summed E-state index contributed by atoms with van der Waals surface area (Å²) in [5, 5.41) is 18.8. The van der Waals surface area contributed by atoms with Crippen molar-refractivity contribution in [2.24, 2.45) is 0 Å². The normalized spacial score (nSPS) is 9.00. The smallest absolute Gasteiger partial charge is 0.257 e.